The van der Waals surface area contributed by atoms with E-state index in [9.17, 15) is 13.6 Å². The van der Waals surface area contributed by atoms with Gasteiger partial charge in [0.2, 0.25) is 5.91 Å². The van der Waals surface area contributed by atoms with Crippen molar-refractivity contribution in [2.75, 3.05) is 27.3 Å². The van der Waals surface area contributed by atoms with Crippen molar-refractivity contribution >= 4 is 5.91 Å². The second-order valence-corrected chi connectivity index (χ2v) is 5.21. The zero-order valence-electron chi connectivity index (χ0n) is 12.6. The monoisotopic (exact) mass is 314 g/mol. The lowest BCUT2D eigenvalue weighted by molar-refractivity contribution is -0.123. The predicted octanol–water partition coefficient (Wildman–Crippen LogP) is 1.36. The summed E-state index contributed by atoms with van der Waals surface area (Å²) in [4.78, 5) is 11.8. The van der Waals surface area contributed by atoms with Crippen LogP contribution in [-0.4, -0.2) is 45.2 Å². The fourth-order valence-electron chi connectivity index (χ4n) is 2.42. The lowest BCUT2D eigenvalue weighted by Gasteiger charge is -2.13. The number of ether oxygens (including phenoxy) is 2. The number of alkyl halides is 2. The van der Waals surface area contributed by atoms with Gasteiger partial charge in [0.05, 0.1) is 26.8 Å². The first kappa shape index (κ1) is 16.5. The smallest absolute Gasteiger partial charge is 0.262 e. The summed E-state index contributed by atoms with van der Waals surface area (Å²) in [5.41, 5.74) is 0.881. The molecule has 1 atom stereocenters. The molecular formula is C15H20F2N2O3. The van der Waals surface area contributed by atoms with E-state index < -0.39 is 30.8 Å². The van der Waals surface area contributed by atoms with Crippen LogP contribution in [0.2, 0.25) is 0 Å². The van der Waals surface area contributed by atoms with Crippen molar-refractivity contribution in [3.05, 3.63) is 23.8 Å². The summed E-state index contributed by atoms with van der Waals surface area (Å²) in [7, 11) is 3.13. The quantitative estimate of drug-likeness (QED) is 0.832. The van der Waals surface area contributed by atoms with Crippen LogP contribution in [0, 0.1) is 0 Å². The Morgan fingerprint density at radius 2 is 2.18 bits per heavy atom. The van der Waals surface area contributed by atoms with Gasteiger partial charge in [-0.3, -0.25) is 10.1 Å². The van der Waals surface area contributed by atoms with Crippen molar-refractivity contribution in [1.29, 1.82) is 0 Å². The van der Waals surface area contributed by atoms with Gasteiger partial charge in [0.25, 0.3) is 5.92 Å². The first-order chi connectivity index (χ1) is 10.4. The Morgan fingerprint density at radius 1 is 1.41 bits per heavy atom. The number of methoxy groups -OCH3 is 2. The van der Waals surface area contributed by atoms with E-state index in [1.165, 1.54) is 0 Å². The number of hydrogen-bond acceptors (Lipinski definition) is 4. The summed E-state index contributed by atoms with van der Waals surface area (Å²) in [5, 5.41) is 5.20. The molecule has 2 rings (SSSR count). The highest BCUT2D eigenvalue weighted by Crippen LogP contribution is 2.26. The SMILES string of the molecule is COc1ccc(OC)c(CCNC(=O)C2CC(F)(F)CN2)c1. The maximum Gasteiger partial charge on any atom is 0.262 e. The summed E-state index contributed by atoms with van der Waals surface area (Å²) in [6.07, 6.45) is 0.0660. The van der Waals surface area contributed by atoms with Gasteiger partial charge in [-0.2, -0.15) is 0 Å². The Balaban J connectivity index is 1.87. The molecule has 0 radical (unpaired) electrons. The number of amides is 1. The molecule has 0 saturated carbocycles. The number of benzene rings is 1. The standard InChI is InChI=1S/C15H20F2N2O3/c1-21-11-3-4-13(22-2)10(7-11)5-6-18-14(20)12-8-15(16,17)9-19-12/h3-4,7,12,19H,5-6,8-9H2,1-2H3,(H,18,20). The third-order valence-corrected chi connectivity index (χ3v) is 3.61. The number of nitrogens with one attached hydrogen (secondary N) is 2. The molecule has 1 saturated heterocycles. The van der Waals surface area contributed by atoms with Crippen LogP contribution < -0.4 is 20.1 Å². The van der Waals surface area contributed by atoms with Gasteiger partial charge in [0.15, 0.2) is 0 Å². The Kier molecular flexibility index (Phi) is 5.18. The van der Waals surface area contributed by atoms with Gasteiger partial charge in [0, 0.05) is 13.0 Å². The Labute approximate surface area is 128 Å². The highest BCUT2D eigenvalue weighted by atomic mass is 19.3. The molecule has 0 bridgehead atoms. The number of halogens is 2. The normalized spacial score (nSPS) is 19.7. The highest BCUT2D eigenvalue weighted by molar-refractivity contribution is 5.82. The molecule has 0 aliphatic carbocycles. The van der Waals surface area contributed by atoms with Crippen LogP contribution in [0.15, 0.2) is 18.2 Å². The van der Waals surface area contributed by atoms with Crippen LogP contribution in [-0.2, 0) is 11.2 Å². The van der Waals surface area contributed by atoms with Gasteiger partial charge >= 0.3 is 0 Å². The summed E-state index contributed by atoms with van der Waals surface area (Å²) in [6.45, 7) is -0.110. The summed E-state index contributed by atoms with van der Waals surface area (Å²) >= 11 is 0. The minimum Gasteiger partial charge on any atom is -0.497 e. The molecule has 1 heterocycles. The molecule has 22 heavy (non-hydrogen) atoms. The molecule has 122 valence electrons. The van der Waals surface area contributed by atoms with Crippen molar-refractivity contribution < 1.29 is 23.0 Å². The second-order valence-electron chi connectivity index (χ2n) is 5.21. The third kappa shape index (κ3) is 4.07. The van der Waals surface area contributed by atoms with Crippen molar-refractivity contribution in [2.24, 2.45) is 0 Å². The summed E-state index contributed by atoms with van der Waals surface area (Å²) in [5.74, 6) is -1.82. The Morgan fingerprint density at radius 3 is 2.77 bits per heavy atom. The van der Waals surface area contributed by atoms with Crippen molar-refractivity contribution in [3.8, 4) is 11.5 Å². The van der Waals surface area contributed by atoms with E-state index >= 15 is 0 Å². The van der Waals surface area contributed by atoms with E-state index in [4.69, 9.17) is 9.47 Å². The minimum absolute atomic E-state index is 0.339. The number of carbonyl (C=O) groups excluding carboxylic acids is 1. The zero-order valence-corrected chi connectivity index (χ0v) is 12.6. The van der Waals surface area contributed by atoms with Crippen LogP contribution in [0.5, 0.6) is 11.5 Å². The van der Waals surface area contributed by atoms with Gasteiger partial charge in [-0.05, 0) is 30.2 Å². The van der Waals surface area contributed by atoms with Crippen LogP contribution in [0.4, 0.5) is 8.78 Å². The van der Waals surface area contributed by atoms with Crippen molar-refractivity contribution in [2.45, 2.75) is 24.8 Å². The lowest BCUT2D eigenvalue weighted by Crippen LogP contribution is -2.41. The Bertz CT molecular complexity index is 538. The first-order valence-electron chi connectivity index (χ1n) is 7.05. The molecule has 1 unspecified atom stereocenters. The largest absolute Gasteiger partial charge is 0.497 e. The fourth-order valence-corrected chi connectivity index (χ4v) is 2.42. The number of rotatable bonds is 6. The van der Waals surface area contributed by atoms with E-state index in [1.54, 1.807) is 26.4 Å². The lowest BCUT2D eigenvalue weighted by atomic mass is 10.1. The molecule has 1 fully saturated rings. The molecule has 1 aliphatic heterocycles. The van der Waals surface area contributed by atoms with Crippen molar-refractivity contribution in [1.82, 2.24) is 10.6 Å². The third-order valence-electron chi connectivity index (χ3n) is 3.61. The predicted molar refractivity (Wildman–Crippen MR) is 77.6 cm³/mol. The maximum absolute atomic E-state index is 13.1. The number of hydrogen-bond donors (Lipinski definition) is 2. The number of carbonyl (C=O) groups is 1. The molecule has 1 amide bonds. The van der Waals surface area contributed by atoms with Gasteiger partial charge < -0.3 is 14.8 Å². The van der Waals surface area contributed by atoms with Gasteiger partial charge in [-0.15, -0.1) is 0 Å². The van der Waals surface area contributed by atoms with E-state index in [1.807, 2.05) is 6.07 Å². The second kappa shape index (κ2) is 6.91. The van der Waals surface area contributed by atoms with E-state index in [2.05, 4.69) is 10.6 Å². The molecule has 2 N–H and O–H groups in total. The van der Waals surface area contributed by atoms with Crippen LogP contribution >= 0.6 is 0 Å². The minimum atomic E-state index is -2.81. The van der Waals surface area contributed by atoms with E-state index in [-0.39, 0.29) is 0 Å². The summed E-state index contributed by atoms with van der Waals surface area (Å²) < 4.78 is 36.5. The highest BCUT2D eigenvalue weighted by Gasteiger charge is 2.42. The van der Waals surface area contributed by atoms with Crippen LogP contribution in [0.1, 0.15) is 12.0 Å². The average Bonchev–Trinajstić information content (AvgIpc) is 2.87. The molecule has 1 aliphatic rings. The van der Waals surface area contributed by atoms with Gasteiger partial charge in [0.1, 0.15) is 11.5 Å². The molecule has 7 heteroatoms. The summed E-state index contributed by atoms with van der Waals surface area (Å²) in [6, 6.07) is 4.57. The molecular weight excluding hydrogens is 294 g/mol. The molecule has 0 spiro atoms. The van der Waals surface area contributed by atoms with E-state index in [0.717, 1.165) is 5.56 Å². The van der Waals surface area contributed by atoms with E-state index in [0.29, 0.717) is 24.5 Å². The van der Waals surface area contributed by atoms with Crippen LogP contribution in [0.3, 0.4) is 0 Å². The van der Waals surface area contributed by atoms with Crippen LogP contribution in [0.25, 0.3) is 0 Å². The van der Waals surface area contributed by atoms with Crippen molar-refractivity contribution in [3.63, 3.8) is 0 Å². The maximum atomic E-state index is 13.1. The molecule has 5 nitrogen and oxygen atoms in total. The molecule has 1 aromatic rings. The first-order valence-corrected chi connectivity index (χ1v) is 7.05. The van der Waals surface area contributed by atoms with Gasteiger partial charge in [-0.25, -0.2) is 8.78 Å². The zero-order chi connectivity index (χ0) is 16.2. The average molecular weight is 314 g/mol. The Hall–Kier alpha value is -1.89. The fraction of sp³-hybridized carbons (Fsp3) is 0.533. The molecule has 1 aromatic carbocycles. The molecule has 0 aromatic heterocycles. The van der Waals surface area contributed by atoms with Gasteiger partial charge in [-0.1, -0.05) is 0 Å². The topological polar surface area (TPSA) is 59.6 Å².